The van der Waals surface area contributed by atoms with E-state index in [1.165, 1.54) is 12.8 Å². The highest BCUT2D eigenvalue weighted by atomic mass is 32.2. The molecule has 0 radical (unpaired) electrons. The highest BCUT2D eigenvalue weighted by Crippen LogP contribution is 2.38. The van der Waals surface area contributed by atoms with Gasteiger partial charge in [0.1, 0.15) is 5.82 Å². The molecule has 1 saturated carbocycles. The lowest BCUT2D eigenvalue weighted by molar-refractivity contribution is 0.910. The fourth-order valence-corrected chi connectivity index (χ4v) is 2.06. The molecule has 1 aliphatic rings. The van der Waals surface area contributed by atoms with Crippen molar-refractivity contribution in [3.05, 3.63) is 27.9 Å². The molecule has 82 valence electrons. The minimum Gasteiger partial charge on any atom is -0.310 e. The average Bonchev–Trinajstić information content (AvgIpc) is 2.97. The SMILES string of the molecule is CC(C)SCc1nc(C2CC2)cc(=O)[nH]1. The van der Waals surface area contributed by atoms with Crippen LogP contribution < -0.4 is 5.56 Å². The van der Waals surface area contributed by atoms with Gasteiger partial charge in [-0.25, -0.2) is 4.98 Å². The number of nitrogens with zero attached hydrogens (tertiary/aromatic N) is 1. The zero-order valence-electron chi connectivity index (χ0n) is 9.12. The Balaban J connectivity index is 2.12. The summed E-state index contributed by atoms with van der Waals surface area (Å²) in [6, 6.07) is 1.64. The predicted octanol–water partition coefficient (Wildman–Crippen LogP) is 2.29. The van der Waals surface area contributed by atoms with Gasteiger partial charge in [-0.2, -0.15) is 11.8 Å². The van der Waals surface area contributed by atoms with E-state index in [9.17, 15) is 4.79 Å². The van der Waals surface area contributed by atoms with Crippen LogP contribution in [0.15, 0.2) is 10.9 Å². The molecule has 0 atom stereocenters. The molecule has 1 fully saturated rings. The van der Waals surface area contributed by atoms with Crippen LogP contribution in [-0.4, -0.2) is 15.2 Å². The van der Waals surface area contributed by atoms with Gasteiger partial charge in [-0.05, 0) is 18.1 Å². The molecule has 0 unspecified atom stereocenters. The van der Waals surface area contributed by atoms with Gasteiger partial charge in [0.25, 0.3) is 5.56 Å². The quantitative estimate of drug-likeness (QED) is 0.853. The number of rotatable bonds is 4. The average molecular weight is 224 g/mol. The molecular weight excluding hydrogens is 208 g/mol. The lowest BCUT2D eigenvalue weighted by Crippen LogP contribution is -2.12. The van der Waals surface area contributed by atoms with Gasteiger partial charge in [0.05, 0.1) is 11.4 Å². The smallest absolute Gasteiger partial charge is 0.251 e. The number of thioether (sulfide) groups is 1. The molecule has 0 bridgehead atoms. The van der Waals surface area contributed by atoms with Crippen molar-refractivity contribution in [1.29, 1.82) is 0 Å². The molecule has 1 aromatic heterocycles. The monoisotopic (exact) mass is 224 g/mol. The fourth-order valence-electron chi connectivity index (χ4n) is 1.43. The number of nitrogens with one attached hydrogen (secondary N) is 1. The van der Waals surface area contributed by atoms with Crippen molar-refractivity contribution in [2.75, 3.05) is 0 Å². The van der Waals surface area contributed by atoms with Gasteiger partial charge in [-0.1, -0.05) is 13.8 Å². The van der Waals surface area contributed by atoms with Crippen molar-refractivity contribution < 1.29 is 0 Å². The van der Waals surface area contributed by atoms with Crippen molar-refractivity contribution in [2.24, 2.45) is 0 Å². The molecular formula is C11H16N2OS. The second-order valence-corrected chi connectivity index (χ2v) is 5.82. The Morgan fingerprint density at radius 1 is 1.60 bits per heavy atom. The van der Waals surface area contributed by atoms with Gasteiger partial charge in [0.2, 0.25) is 0 Å². The van der Waals surface area contributed by atoms with E-state index in [1.807, 2.05) is 0 Å². The van der Waals surface area contributed by atoms with E-state index in [1.54, 1.807) is 17.8 Å². The Hall–Kier alpha value is -0.770. The Bertz CT molecular complexity index is 396. The van der Waals surface area contributed by atoms with E-state index in [4.69, 9.17) is 0 Å². The van der Waals surface area contributed by atoms with Gasteiger partial charge in [-0.3, -0.25) is 4.79 Å². The van der Waals surface area contributed by atoms with Crippen LogP contribution in [0, 0.1) is 0 Å². The van der Waals surface area contributed by atoms with Crippen LogP contribution in [0.25, 0.3) is 0 Å². The molecule has 3 nitrogen and oxygen atoms in total. The van der Waals surface area contributed by atoms with Crippen LogP contribution in [0.3, 0.4) is 0 Å². The molecule has 0 spiro atoms. The number of H-pyrrole nitrogens is 1. The minimum absolute atomic E-state index is 0.00810. The van der Waals surface area contributed by atoms with Crippen LogP contribution in [0.4, 0.5) is 0 Å². The maximum Gasteiger partial charge on any atom is 0.251 e. The molecule has 0 amide bonds. The van der Waals surface area contributed by atoms with Crippen LogP contribution in [0.5, 0.6) is 0 Å². The van der Waals surface area contributed by atoms with Gasteiger partial charge in [-0.15, -0.1) is 0 Å². The summed E-state index contributed by atoms with van der Waals surface area (Å²) in [5, 5.41) is 0.569. The molecule has 0 saturated heterocycles. The summed E-state index contributed by atoms with van der Waals surface area (Å²) in [6.07, 6.45) is 2.38. The first-order valence-corrected chi connectivity index (χ1v) is 6.42. The maximum atomic E-state index is 11.4. The standard InChI is InChI=1S/C11H16N2OS/c1-7(2)15-6-10-12-9(8-3-4-8)5-11(14)13-10/h5,7-8H,3-4,6H2,1-2H3,(H,12,13,14). The van der Waals surface area contributed by atoms with Gasteiger partial charge >= 0.3 is 0 Å². The first kappa shape index (κ1) is 10.7. The van der Waals surface area contributed by atoms with Gasteiger partial charge in [0.15, 0.2) is 0 Å². The molecule has 0 aromatic carbocycles. The second kappa shape index (κ2) is 4.39. The third kappa shape index (κ3) is 3.09. The highest BCUT2D eigenvalue weighted by molar-refractivity contribution is 7.99. The summed E-state index contributed by atoms with van der Waals surface area (Å²) < 4.78 is 0. The summed E-state index contributed by atoms with van der Waals surface area (Å²) in [5.41, 5.74) is 0.976. The third-order valence-corrected chi connectivity index (χ3v) is 3.47. The van der Waals surface area contributed by atoms with Crippen molar-refractivity contribution >= 4 is 11.8 Å². The Kier molecular flexibility index (Phi) is 3.14. The van der Waals surface area contributed by atoms with Crippen molar-refractivity contribution in [1.82, 2.24) is 9.97 Å². The topological polar surface area (TPSA) is 45.8 Å². The largest absolute Gasteiger partial charge is 0.310 e. The van der Waals surface area contributed by atoms with Crippen LogP contribution in [0.2, 0.25) is 0 Å². The van der Waals surface area contributed by atoms with Crippen molar-refractivity contribution in [3.8, 4) is 0 Å². The van der Waals surface area contributed by atoms with Crippen LogP contribution >= 0.6 is 11.8 Å². The van der Waals surface area contributed by atoms with Crippen LogP contribution in [0.1, 0.15) is 44.1 Å². The Morgan fingerprint density at radius 3 is 2.93 bits per heavy atom. The molecule has 1 aliphatic carbocycles. The molecule has 1 heterocycles. The summed E-state index contributed by atoms with van der Waals surface area (Å²) in [4.78, 5) is 18.7. The van der Waals surface area contributed by atoms with E-state index in [0.717, 1.165) is 17.3 Å². The molecule has 2 rings (SSSR count). The lowest BCUT2D eigenvalue weighted by Gasteiger charge is -2.05. The van der Waals surface area contributed by atoms with Gasteiger partial charge < -0.3 is 4.98 Å². The lowest BCUT2D eigenvalue weighted by atomic mass is 10.3. The second-order valence-electron chi connectivity index (χ2n) is 4.25. The molecule has 0 aliphatic heterocycles. The predicted molar refractivity (Wildman–Crippen MR) is 63.3 cm³/mol. The van der Waals surface area contributed by atoms with E-state index < -0.39 is 0 Å². The number of aromatic nitrogens is 2. The molecule has 1 aromatic rings. The van der Waals surface area contributed by atoms with E-state index >= 15 is 0 Å². The van der Waals surface area contributed by atoms with Crippen molar-refractivity contribution in [3.63, 3.8) is 0 Å². The van der Waals surface area contributed by atoms with E-state index in [0.29, 0.717) is 11.2 Å². The Morgan fingerprint density at radius 2 is 2.33 bits per heavy atom. The zero-order chi connectivity index (χ0) is 10.8. The van der Waals surface area contributed by atoms with Crippen molar-refractivity contribution in [2.45, 2.75) is 43.6 Å². The van der Waals surface area contributed by atoms with Gasteiger partial charge in [0, 0.05) is 12.0 Å². The Labute approximate surface area is 93.7 Å². The summed E-state index contributed by atoms with van der Waals surface area (Å²) >= 11 is 1.80. The zero-order valence-corrected chi connectivity index (χ0v) is 9.93. The normalized spacial score (nSPS) is 15.9. The summed E-state index contributed by atoms with van der Waals surface area (Å²) in [7, 11) is 0. The first-order chi connectivity index (χ1) is 7.15. The van der Waals surface area contributed by atoms with Crippen LogP contribution in [-0.2, 0) is 5.75 Å². The number of aromatic amines is 1. The highest BCUT2D eigenvalue weighted by Gasteiger charge is 2.25. The fraction of sp³-hybridized carbons (Fsp3) is 0.636. The summed E-state index contributed by atoms with van der Waals surface area (Å²) in [6.45, 7) is 4.29. The molecule has 4 heteroatoms. The molecule has 15 heavy (non-hydrogen) atoms. The van der Waals surface area contributed by atoms with E-state index in [-0.39, 0.29) is 5.56 Å². The third-order valence-electron chi connectivity index (χ3n) is 2.36. The number of hydrogen-bond donors (Lipinski definition) is 1. The van der Waals surface area contributed by atoms with E-state index in [2.05, 4.69) is 23.8 Å². The molecule has 1 N–H and O–H groups in total. The minimum atomic E-state index is -0.00810. The summed E-state index contributed by atoms with van der Waals surface area (Å²) in [5.74, 6) is 2.17. The number of hydrogen-bond acceptors (Lipinski definition) is 3. The maximum absolute atomic E-state index is 11.4. The first-order valence-electron chi connectivity index (χ1n) is 5.37.